The van der Waals surface area contributed by atoms with Crippen molar-refractivity contribution in [3.63, 3.8) is 0 Å². The average Bonchev–Trinajstić information content (AvgIpc) is 2.97. The van der Waals surface area contributed by atoms with Gasteiger partial charge >= 0.3 is 5.97 Å². The number of carboxylic acids is 1. The van der Waals surface area contributed by atoms with Crippen LogP contribution in [0.1, 0.15) is 38.4 Å². The fraction of sp³-hybridized carbons (Fsp3) is 0.160. The second-order valence-corrected chi connectivity index (χ2v) is 8.04. The van der Waals surface area contributed by atoms with E-state index < -0.39 is 11.9 Å². The highest BCUT2D eigenvalue weighted by molar-refractivity contribution is 6.33. The number of amides is 1. The summed E-state index contributed by atoms with van der Waals surface area (Å²) in [4.78, 5) is 23.9. The summed E-state index contributed by atoms with van der Waals surface area (Å²) in [6.45, 7) is 7.61. The van der Waals surface area contributed by atoms with Crippen molar-refractivity contribution in [2.45, 2.75) is 27.7 Å². The molecule has 2 aromatic carbocycles. The Balaban J connectivity index is 1.96. The Morgan fingerprint density at radius 1 is 1.06 bits per heavy atom. The van der Waals surface area contributed by atoms with Crippen molar-refractivity contribution in [2.24, 2.45) is 0 Å². The molecule has 0 spiro atoms. The molecular weight excluding hydrogens is 426 g/mol. The molecule has 0 fully saturated rings. The zero-order valence-electron chi connectivity index (χ0n) is 18.2. The number of hydrogen-bond acceptors (Lipinski definition) is 3. The summed E-state index contributed by atoms with van der Waals surface area (Å²) in [6.07, 6.45) is 1.55. The van der Waals surface area contributed by atoms with Crippen molar-refractivity contribution in [1.82, 2.24) is 4.57 Å². The Hall–Kier alpha value is -3.82. The third-order valence-electron chi connectivity index (χ3n) is 5.06. The van der Waals surface area contributed by atoms with Crippen LogP contribution < -0.4 is 5.32 Å². The van der Waals surface area contributed by atoms with Gasteiger partial charge in [0.25, 0.3) is 5.91 Å². The van der Waals surface area contributed by atoms with Crippen LogP contribution in [0.2, 0.25) is 5.02 Å². The Kier molecular flexibility index (Phi) is 6.52. The number of nitrogens with zero attached hydrogens (tertiary/aromatic N) is 2. The standard InChI is InChI=1S/C25H22ClN3O3/c1-14-7-15(2)9-20(8-14)28-24(30)19(13-27)11-18-10-16(3)29(17(18)4)21-5-6-22(25(31)32)23(26)12-21/h5-12H,1-4H3,(H,28,30)(H,31,32)/b19-11-. The molecule has 1 aromatic heterocycles. The van der Waals surface area contributed by atoms with E-state index >= 15 is 0 Å². The first-order chi connectivity index (χ1) is 15.1. The largest absolute Gasteiger partial charge is 0.478 e. The van der Waals surface area contributed by atoms with Crippen LogP contribution >= 0.6 is 11.6 Å². The molecule has 0 aliphatic heterocycles. The number of carbonyl (C=O) groups is 2. The normalized spacial score (nSPS) is 11.2. The topological polar surface area (TPSA) is 95.1 Å². The molecule has 0 bridgehead atoms. The van der Waals surface area contributed by atoms with E-state index in [4.69, 9.17) is 11.6 Å². The van der Waals surface area contributed by atoms with E-state index in [2.05, 4.69) is 5.32 Å². The van der Waals surface area contributed by atoms with E-state index in [-0.39, 0.29) is 16.2 Å². The van der Waals surface area contributed by atoms with Gasteiger partial charge in [0.15, 0.2) is 0 Å². The summed E-state index contributed by atoms with van der Waals surface area (Å²) in [5, 5.41) is 21.7. The van der Waals surface area contributed by atoms with Crippen molar-refractivity contribution in [3.8, 4) is 11.8 Å². The molecule has 0 unspecified atom stereocenters. The smallest absolute Gasteiger partial charge is 0.337 e. The Morgan fingerprint density at radius 3 is 2.28 bits per heavy atom. The molecule has 0 saturated heterocycles. The lowest BCUT2D eigenvalue weighted by molar-refractivity contribution is -0.112. The molecule has 0 aliphatic carbocycles. The first-order valence-corrected chi connectivity index (χ1v) is 10.2. The average molecular weight is 448 g/mol. The third-order valence-corrected chi connectivity index (χ3v) is 5.37. The van der Waals surface area contributed by atoms with Crippen LogP contribution in [0.25, 0.3) is 11.8 Å². The highest BCUT2D eigenvalue weighted by atomic mass is 35.5. The number of aryl methyl sites for hydroxylation is 3. The number of carbonyl (C=O) groups excluding carboxylic acids is 1. The monoisotopic (exact) mass is 447 g/mol. The molecule has 0 atom stereocenters. The SMILES string of the molecule is Cc1cc(C)cc(NC(=O)/C(C#N)=C\c2cc(C)n(-c3ccc(C(=O)O)c(Cl)c3)c2C)c1. The van der Waals surface area contributed by atoms with Crippen LogP contribution in [-0.4, -0.2) is 21.6 Å². The molecule has 0 saturated carbocycles. The van der Waals surface area contributed by atoms with Crippen LogP contribution in [-0.2, 0) is 4.79 Å². The zero-order valence-corrected chi connectivity index (χ0v) is 18.9. The number of carboxylic acid groups (broad SMARTS) is 1. The molecule has 0 radical (unpaired) electrons. The van der Waals surface area contributed by atoms with Crippen molar-refractivity contribution in [3.05, 3.63) is 86.7 Å². The number of rotatable bonds is 5. The molecule has 162 valence electrons. The number of halogens is 1. The molecule has 6 nitrogen and oxygen atoms in total. The Labute approximate surface area is 191 Å². The van der Waals surface area contributed by atoms with E-state index in [1.54, 1.807) is 18.2 Å². The van der Waals surface area contributed by atoms with Gasteiger partial charge in [0.2, 0.25) is 0 Å². The van der Waals surface area contributed by atoms with E-state index in [9.17, 15) is 20.0 Å². The molecule has 3 rings (SSSR count). The minimum atomic E-state index is -1.10. The van der Waals surface area contributed by atoms with Crippen molar-refractivity contribution in [1.29, 1.82) is 5.26 Å². The third kappa shape index (κ3) is 4.74. The summed E-state index contributed by atoms with van der Waals surface area (Å²) >= 11 is 6.13. The maximum atomic E-state index is 12.7. The van der Waals surface area contributed by atoms with Gasteiger partial charge in [0.1, 0.15) is 11.6 Å². The number of hydrogen-bond donors (Lipinski definition) is 2. The van der Waals surface area contributed by atoms with Gasteiger partial charge in [-0.3, -0.25) is 4.79 Å². The lowest BCUT2D eigenvalue weighted by Crippen LogP contribution is -2.13. The second-order valence-electron chi connectivity index (χ2n) is 7.63. The number of nitrogens with one attached hydrogen (secondary N) is 1. The predicted octanol–water partition coefficient (Wildman–Crippen LogP) is 5.61. The first-order valence-electron chi connectivity index (χ1n) is 9.84. The minimum absolute atomic E-state index is 0.0211. The fourth-order valence-electron chi connectivity index (χ4n) is 3.70. The van der Waals surface area contributed by atoms with Crippen molar-refractivity contribution >= 4 is 35.2 Å². The summed E-state index contributed by atoms with van der Waals surface area (Å²) in [6, 6.07) is 14.2. The maximum Gasteiger partial charge on any atom is 0.337 e. The fourth-order valence-corrected chi connectivity index (χ4v) is 3.95. The lowest BCUT2D eigenvalue weighted by atomic mass is 10.1. The number of aromatic carboxylic acids is 1. The van der Waals surface area contributed by atoms with E-state index in [0.717, 1.165) is 22.5 Å². The van der Waals surface area contributed by atoms with Gasteiger partial charge in [-0.1, -0.05) is 17.7 Å². The molecular formula is C25H22ClN3O3. The van der Waals surface area contributed by atoms with E-state index in [1.165, 1.54) is 6.07 Å². The number of nitriles is 1. The van der Waals surface area contributed by atoms with E-state index in [1.807, 2.05) is 62.6 Å². The van der Waals surface area contributed by atoms with Crippen LogP contribution in [0.4, 0.5) is 5.69 Å². The van der Waals surface area contributed by atoms with Gasteiger partial charge in [-0.2, -0.15) is 5.26 Å². The Bertz CT molecular complexity index is 1290. The summed E-state index contributed by atoms with van der Waals surface area (Å²) in [5.74, 6) is -1.59. The molecule has 0 aliphatic rings. The van der Waals surface area contributed by atoms with Gasteiger partial charge < -0.3 is 15.0 Å². The quantitative estimate of drug-likeness (QED) is 0.392. The van der Waals surface area contributed by atoms with Gasteiger partial charge in [0, 0.05) is 22.8 Å². The number of benzene rings is 2. The molecule has 1 amide bonds. The van der Waals surface area contributed by atoms with Crippen LogP contribution in [0.15, 0.2) is 48.0 Å². The molecule has 2 N–H and O–H groups in total. The maximum absolute atomic E-state index is 12.7. The highest BCUT2D eigenvalue weighted by Crippen LogP contribution is 2.26. The van der Waals surface area contributed by atoms with Crippen molar-refractivity contribution < 1.29 is 14.7 Å². The lowest BCUT2D eigenvalue weighted by Gasteiger charge is -2.11. The van der Waals surface area contributed by atoms with Gasteiger partial charge in [-0.15, -0.1) is 0 Å². The molecule has 32 heavy (non-hydrogen) atoms. The molecule has 7 heteroatoms. The molecule has 3 aromatic rings. The summed E-state index contributed by atoms with van der Waals surface area (Å²) in [5.41, 5.74) is 5.68. The van der Waals surface area contributed by atoms with Gasteiger partial charge in [-0.05, 0) is 86.9 Å². The first kappa shape index (κ1) is 22.9. The highest BCUT2D eigenvalue weighted by Gasteiger charge is 2.16. The van der Waals surface area contributed by atoms with Crippen molar-refractivity contribution in [2.75, 3.05) is 5.32 Å². The van der Waals surface area contributed by atoms with Gasteiger partial charge in [0.05, 0.1) is 10.6 Å². The minimum Gasteiger partial charge on any atom is -0.478 e. The Morgan fingerprint density at radius 2 is 1.72 bits per heavy atom. The van der Waals surface area contributed by atoms with Crippen LogP contribution in [0.3, 0.4) is 0 Å². The number of anilines is 1. The second kappa shape index (κ2) is 9.13. The van der Waals surface area contributed by atoms with Crippen LogP contribution in [0, 0.1) is 39.0 Å². The summed E-state index contributed by atoms with van der Waals surface area (Å²) in [7, 11) is 0. The van der Waals surface area contributed by atoms with E-state index in [0.29, 0.717) is 16.9 Å². The van der Waals surface area contributed by atoms with Crippen LogP contribution in [0.5, 0.6) is 0 Å². The molecule has 1 heterocycles. The summed E-state index contributed by atoms with van der Waals surface area (Å²) < 4.78 is 1.89. The number of aromatic nitrogens is 1. The predicted molar refractivity (Wildman–Crippen MR) is 125 cm³/mol. The van der Waals surface area contributed by atoms with Gasteiger partial charge in [-0.25, -0.2) is 4.79 Å². The zero-order chi connectivity index (χ0) is 23.6.